The quantitative estimate of drug-likeness (QED) is 0.809. The van der Waals surface area contributed by atoms with Gasteiger partial charge < -0.3 is 10.0 Å². The number of aromatic nitrogens is 2. The maximum Gasteiger partial charge on any atom is 0.331 e. The largest absolute Gasteiger partial charge is 0.494 e. The third kappa shape index (κ3) is 2.45. The van der Waals surface area contributed by atoms with Crippen LogP contribution in [0.3, 0.4) is 0 Å². The average molecular weight is 267 g/mol. The van der Waals surface area contributed by atoms with Crippen molar-refractivity contribution in [3.05, 3.63) is 26.4 Å². The zero-order chi connectivity index (χ0) is 14.2. The molecule has 2 rings (SSSR count). The van der Waals surface area contributed by atoms with E-state index in [1.54, 1.807) is 6.92 Å². The molecule has 106 valence electrons. The summed E-state index contributed by atoms with van der Waals surface area (Å²) in [6, 6.07) is -0.0640. The molecule has 6 heteroatoms. The van der Waals surface area contributed by atoms with E-state index in [4.69, 9.17) is 0 Å². The SMILES string of the molecule is CCc1c(O)n(C2CCN(C)CC2C)c(=O)[nH]c1=O. The molecule has 2 heterocycles. The van der Waals surface area contributed by atoms with Crippen molar-refractivity contribution in [2.24, 2.45) is 5.92 Å². The molecule has 1 fully saturated rings. The molecule has 1 aromatic rings. The standard InChI is InChI=1S/C13H21N3O3/c1-4-9-11(17)14-13(19)16(12(9)18)10-5-6-15(3)7-8(10)2/h8,10,18H,4-7H2,1-3H3,(H,14,17,19). The van der Waals surface area contributed by atoms with Gasteiger partial charge in [0.1, 0.15) is 0 Å². The highest BCUT2D eigenvalue weighted by molar-refractivity contribution is 5.23. The van der Waals surface area contributed by atoms with Gasteiger partial charge in [-0.3, -0.25) is 14.3 Å². The first kappa shape index (κ1) is 13.9. The van der Waals surface area contributed by atoms with Crippen LogP contribution in [0.4, 0.5) is 0 Å². The molecule has 6 nitrogen and oxygen atoms in total. The van der Waals surface area contributed by atoms with Gasteiger partial charge in [-0.25, -0.2) is 4.79 Å². The van der Waals surface area contributed by atoms with Crippen molar-refractivity contribution in [3.8, 4) is 5.88 Å². The van der Waals surface area contributed by atoms with Gasteiger partial charge >= 0.3 is 5.69 Å². The minimum absolute atomic E-state index is 0.0640. The lowest BCUT2D eigenvalue weighted by Crippen LogP contribution is -2.43. The summed E-state index contributed by atoms with van der Waals surface area (Å²) in [6.07, 6.45) is 1.20. The van der Waals surface area contributed by atoms with Crippen LogP contribution < -0.4 is 11.2 Å². The lowest BCUT2D eigenvalue weighted by molar-refractivity contribution is 0.147. The minimum Gasteiger partial charge on any atom is -0.494 e. The summed E-state index contributed by atoms with van der Waals surface area (Å²) in [4.78, 5) is 28.1. The van der Waals surface area contributed by atoms with Gasteiger partial charge in [0, 0.05) is 12.6 Å². The zero-order valence-electron chi connectivity index (χ0n) is 11.6. The van der Waals surface area contributed by atoms with Crippen LogP contribution in [0.5, 0.6) is 5.88 Å². The highest BCUT2D eigenvalue weighted by Crippen LogP contribution is 2.29. The van der Waals surface area contributed by atoms with E-state index in [2.05, 4.69) is 16.8 Å². The molecule has 0 spiro atoms. The van der Waals surface area contributed by atoms with Crippen molar-refractivity contribution in [1.82, 2.24) is 14.5 Å². The predicted molar refractivity (Wildman–Crippen MR) is 72.7 cm³/mol. The number of hydrogen-bond acceptors (Lipinski definition) is 4. The molecule has 0 radical (unpaired) electrons. The van der Waals surface area contributed by atoms with Gasteiger partial charge in [-0.15, -0.1) is 0 Å². The number of H-pyrrole nitrogens is 1. The molecule has 0 aliphatic carbocycles. The monoisotopic (exact) mass is 267 g/mol. The lowest BCUT2D eigenvalue weighted by atomic mass is 9.94. The van der Waals surface area contributed by atoms with Crippen molar-refractivity contribution >= 4 is 0 Å². The number of nitrogens with one attached hydrogen (secondary N) is 1. The molecule has 1 saturated heterocycles. The second-order valence-electron chi connectivity index (χ2n) is 5.38. The van der Waals surface area contributed by atoms with E-state index in [1.165, 1.54) is 4.57 Å². The second kappa shape index (κ2) is 5.21. The molecular weight excluding hydrogens is 246 g/mol. The first-order valence-corrected chi connectivity index (χ1v) is 6.70. The van der Waals surface area contributed by atoms with Crippen LogP contribution in [0, 0.1) is 5.92 Å². The number of aromatic hydroxyl groups is 1. The number of rotatable bonds is 2. The Morgan fingerprint density at radius 1 is 1.42 bits per heavy atom. The first-order chi connectivity index (χ1) is 8.95. The van der Waals surface area contributed by atoms with Crippen LogP contribution >= 0.6 is 0 Å². The lowest BCUT2D eigenvalue weighted by Gasteiger charge is -2.36. The van der Waals surface area contributed by atoms with Crippen LogP contribution in [0.15, 0.2) is 9.59 Å². The summed E-state index contributed by atoms with van der Waals surface area (Å²) in [7, 11) is 2.04. The van der Waals surface area contributed by atoms with Gasteiger partial charge in [0.25, 0.3) is 5.56 Å². The maximum atomic E-state index is 12.0. The molecule has 0 amide bonds. The number of hydrogen-bond donors (Lipinski definition) is 2. The zero-order valence-corrected chi connectivity index (χ0v) is 11.6. The first-order valence-electron chi connectivity index (χ1n) is 6.70. The molecule has 0 saturated carbocycles. The molecule has 1 aliphatic rings. The van der Waals surface area contributed by atoms with E-state index in [0.717, 1.165) is 19.5 Å². The van der Waals surface area contributed by atoms with Crippen molar-refractivity contribution in [2.75, 3.05) is 20.1 Å². The molecule has 2 N–H and O–H groups in total. The number of piperidine rings is 1. The van der Waals surface area contributed by atoms with E-state index < -0.39 is 11.2 Å². The third-order valence-electron chi connectivity index (χ3n) is 3.96. The molecule has 0 bridgehead atoms. The van der Waals surface area contributed by atoms with Gasteiger partial charge in [-0.2, -0.15) is 0 Å². The Labute approximate surface area is 111 Å². The Morgan fingerprint density at radius 3 is 2.68 bits per heavy atom. The van der Waals surface area contributed by atoms with Crippen LogP contribution in [0.25, 0.3) is 0 Å². The van der Waals surface area contributed by atoms with Gasteiger partial charge in [0.05, 0.1) is 5.56 Å². The number of aromatic amines is 1. The van der Waals surface area contributed by atoms with Gasteiger partial charge in [-0.1, -0.05) is 13.8 Å². The minimum atomic E-state index is -0.513. The highest BCUT2D eigenvalue weighted by atomic mass is 16.3. The molecule has 1 aromatic heterocycles. The summed E-state index contributed by atoms with van der Waals surface area (Å²) >= 11 is 0. The van der Waals surface area contributed by atoms with Gasteiger partial charge in [0.2, 0.25) is 5.88 Å². The Kier molecular flexibility index (Phi) is 3.80. The maximum absolute atomic E-state index is 12.0. The van der Waals surface area contributed by atoms with Crippen LogP contribution in [0.2, 0.25) is 0 Å². The van der Waals surface area contributed by atoms with Gasteiger partial charge in [-0.05, 0) is 32.4 Å². The molecule has 2 atom stereocenters. The fraction of sp³-hybridized carbons (Fsp3) is 0.692. The van der Waals surface area contributed by atoms with E-state index in [-0.39, 0.29) is 23.4 Å². The third-order valence-corrected chi connectivity index (χ3v) is 3.96. The van der Waals surface area contributed by atoms with Crippen LogP contribution in [-0.4, -0.2) is 39.7 Å². The van der Waals surface area contributed by atoms with Crippen LogP contribution in [-0.2, 0) is 6.42 Å². The number of nitrogens with zero attached hydrogens (tertiary/aromatic N) is 2. The second-order valence-corrected chi connectivity index (χ2v) is 5.38. The molecule has 0 aromatic carbocycles. The summed E-state index contributed by atoms with van der Waals surface area (Å²) < 4.78 is 1.36. The summed E-state index contributed by atoms with van der Waals surface area (Å²) in [5.41, 5.74) is -0.714. The van der Waals surface area contributed by atoms with Crippen LogP contribution in [0.1, 0.15) is 31.9 Å². The predicted octanol–water partition coefficient (Wildman–Crippen LogP) is 0.317. The molecule has 2 unspecified atom stereocenters. The Morgan fingerprint density at radius 2 is 2.11 bits per heavy atom. The molecule has 1 aliphatic heterocycles. The van der Waals surface area contributed by atoms with E-state index in [0.29, 0.717) is 6.42 Å². The fourth-order valence-electron chi connectivity index (χ4n) is 2.93. The Balaban J connectivity index is 2.51. The topological polar surface area (TPSA) is 78.3 Å². The van der Waals surface area contributed by atoms with E-state index in [1.807, 2.05) is 7.05 Å². The average Bonchev–Trinajstić information content (AvgIpc) is 2.31. The normalized spacial score (nSPS) is 24.6. The van der Waals surface area contributed by atoms with E-state index in [9.17, 15) is 14.7 Å². The number of likely N-dealkylation sites (tertiary alicyclic amines) is 1. The summed E-state index contributed by atoms with van der Waals surface area (Å²) in [5.74, 6) is 0.0793. The highest BCUT2D eigenvalue weighted by Gasteiger charge is 2.29. The van der Waals surface area contributed by atoms with Crippen molar-refractivity contribution in [1.29, 1.82) is 0 Å². The summed E-state index contributed by atoms with van der Waals surface area (Å²) in [5, 5.41) is 10.2. The fourth-order valence-corrected chi connectivity index (χ4v) is 2.93. The Bertz CT molecular complexity index is 575. The molecular formula is C13H21N3O3. The van der Waals surface area contributed by atoms with Gasteiger partial charge in [0.15, 0.2) is 0 Å². The molecule has 19 heavy (non-hydrogen) atoms. The van der Waals surface area contributed by atoms with Crippen molar-refractivity contribution in [3.63, 3.8) is 0 Å². The Hall–Kier alpha value is -1.56. The van der Waals surface area contributed by atoms with E-state index >= 15 is 0 Å². The van der Waals surface area contributed by atoms with Crippen molar-refractivity contribution < 1.29 is 5.11 Å². The van der Waals surface area contributed by atoms with Crippen molar-refractivity contribution in [2.45, 2.75) is 32.7 Å². The summed E-state index contributed by atoms with van der Waals surface area (Å²) in [6.45, 7) is 5.60. The smallest absolute Gasteiger partial charge is 0.331 e.